The molecule has 1 amide bonds. The molecule has 5 nitrogen and oxygen atoms in total. The Morgan fingerprint density at radius 1 is 1.07 bits per heavy atom. The van der Waals surface area contributed by atoms with E-state index in [9.17, 15) is 22.4 Å². The van der Waals surface area contributed by atoms with Gasteiger partial charge < -0.3 is 16.0 Å². The van der Waals surface area contributed by atoms with Crippen LogP contribution < -0.4 is 16.0 Å². The number of nitrogens with zero attached hydrogens (tertiary/aromatic N) is 1. The number of carbonyl (C=O) groups excluding carboxylic acids is 1. The Morgan fingerprint density at radius 3 is 2.34 bits per heavy atom. The van der Waals surface area contributed by atoms with E-state index in [1.807, 2.05) is 12.1 Å². The molecule has 9 heteroatoms. The molecule has 0 aliphatic carbocycles. The van der Waals surface area contributed by atoms with E-state index in [2.05, 4.69) is 20.9 Å². The molecule has 2 aromatic carbocycles. The van der Waals surface area contributed by atoms with Crippen LogP contribution in [0.3, 0.4) is 0 Å². The maximum absolute atomic E-state index is 13.2. The van der Waals surface area contributed by atoms with E-state index in [1.54, 1.807) is 12.1 Å². The van der Waals surface area contributed by atoms with E-state index in [4.69, 9.17) is 0 Å². The summed E-state index contributed by atoms with van der Waals surface area (Å²) in [7, 11) is 1.51. The Balaban J connectivity index is 1.88. The number of amides is 1. The molecular weight excluding hydrogens is 388 g/mol. The van der Waals surface area contributed by atoms with Gasteiger partial charge in [0, 0.05) is 32.7 Å². The van der Waals surface area contributed by atoms with Crippen molar-refractivity contribution in [1.29, 1.82) is 0 Å². The minimum atomic E-state index is -4.64. The Kier molecular flexibility index (Phi) is 7.58. The molecule has 0 spiro atoms. The van der Waals surface area contributed by atoms with Gasteiger partial charge in [0.25, 0.3) is 0 Å². The molecule has 0 saturated carbocycles. The highest BCUT2D eigenvalue weighted by Gasteiger charge is 2.33. The van der Waals surface area contributed by atoms with Crippen molar-refractivity contribution in [3.05, 3.63) is 65.0 Å². The normalized spacial score (nSPS) is 11.9. The van der Waals surface area contributed by atoms with Crippen LogP contribution in [0.1, 0.15) is 23.6 Å². The summed E-state index contributed by atoms with van der Waals surface area (Å²) in [5.41, 5.74) is 0.626. The fourth-order valence-electron chi connectivity index (χ4n) is 2.65. The maximum Gasteiger partial charge on any atom is 0.416 e. The lowest BCUT2D eigenvalue weighted by Crippen LogP contribution is -2.38. The zero-order valence-corrected chi connectivity index (χ0v) is 16.0. The smallest absolute Gasteiger partial charge is 0.356 e. The first-order chi connectivity index (χ1) is 13.7. The second kappa shape index (κ2) is 9.90. The number of hydrogen-bond donors (Lipinski definition) is 3. The highest BCUT2D eigenvalue weighted by molar-refractivity contribution is 5.88. The van der Waals surface area contributed by atoms with E-state index < -0.39 is 17.6 Å². The summed E-state index contributed by atoms with van der Waals surface area (Å²) >= 11 is 0. The third kappa shape index (κ3) is 7.10. The molecule has 0 saturated heterocycles. The third-order valence-electron chi connectivity index (χ3n) is 4.03. The molecule has 0 unspecified atom stereocenters. The van der Waals surface area contributed by atoms with Gasteiger partial charge >= 0.3 is 6.18 Å². The molecule has 156 valence electrons. The van der Waals surface area contributed by atoms with Gasteiger partial charge in [0.05, 0.1) is 5.56 Å². The number of alkyl halides is 3. The summed E-state index contributed by atoms with van der Waals surface area (Å²) in [4.78, 5) is 15.0. The van der Waals surface area contributed by atoms with Crippen LogP contribution in [0.5, 0.6) is 0 Å². The van der Waals surface area contributed by atoms with Gasteiger partial charge in [-0.25, -0.2) is 4.39 Å². The van der Waals surface area contributed by atoms with Gasteiger partial charge in [-0.2, -0.15) is 13.2 Å². The fourth-order valence-corrected chi connectivity index (χ4v) is 2.65. The standard InChI is InChI=1S/C20H22F4N4O/c1-13(29)28-17-7-3-14(4-8-17)9-10-26-19(25-2)27-12-15-5-6-16(21)11-18(15)20(22,23)24/h3-8,11H,9-10,12H2,1-2H3,(H,28,29)(H2,25,26,27). The molecule has 0 atom stereocenters. The highest BCUT2D eigenvalue weighted by atomic mass is 19.4. The lowest BCUT2D eigenvalue weighted by atomic mass is 10.1. The van der Waals surface area contributed by atoms with Crippen molar-refractivity contribution >= 4 is 17.6 Å². The van der Waals surface area contributed by atoms with Crippen molar-refractivity contribution < 1.29 is 22.4 Å². The molecular formula is C20H22F4N4O. The summed E-state index contributed by atoms with van der Waals surface area (Å²) in [5, 5.41) is 8.50. The first-order valence-corrected chi connectivity index (χ1v) is 8.85. The van der Waals surface area contributed by atoms with E-state index in [-0.39, 0.29) is 18.0 Å². The lowest BCUT2D eigenvalue weighted by Gasteiger charge is -2.16. The molecule has 0 fully saturated rings. The number of benzene rings is 2. The van der Waals surface area contributed by atoms with E-state index in [0.717, 1.165) is 17.7 Å². The fraction of sp³-hybridized carbons (Fsp3) is 0.300. The molecule has 0 aliphatic heterocycles. The van der Waals surface area contributed by atoms with Gasteiger partial charge in [-0.3, -0.25) is 9.79 Å². The summed E-state index contributed by atoms with van der Waals surface area (Å²) < 4.78 is 52.4. The first-order valence-electron chi connectivity index (χ1n) is 8.85. The minimum Gasteiger partial charge on any atom is -0.356 e. The van der Waals surface area contributed by atoms with Crippen LogP contribution in [0.2, 0.25) is 0 Å². The van der Waals surface area contributed by atoms with Gasteiger partial charge in [-0.1, -0.05) is 18.2 Å². The molecule has 3 N–H and O–H groups in total. The zero-order chi connectivity index (χ0) is 21.4. The number of carbonyl (C=O) groups is 1. The van der Waals surface area contributed by atoms with Crippen LogP contribution in [0, 0.1) is 5.82 Å². The predicted molar refractivity (Wildman–Crippen MR) is 104 cm³/mol. The topological polar surface area (TPSA) is 65.5 Å². The Morgan fingerprint density at radius 2 is 1.76 bits per heavy atom. The average molecular weight is 410 g/mol. The van der Waals surface area contributed by atoms with Crippen molar-refractivity contribution in [1.82, 2.24) is 10.6 Å². The third-order valence-corrected chi connectivity index (χ3v) is 4.03. The highest BCUT2D eigenvalue weighted by Crippen LogP contribution is 2.32. The Labute approximate surface area is 166 Å². The molecule has 0 aromatic heterocycles. The molecule has 29 heavy (non-hydrogen) atoms. The number of nitrogens with one attached hydrogen (secondary N) is 3. The molecule has 0 bridgehead atoms. The van der Waals surface area contributed by atoms with Crippen molar-refractivity contribution in [3.63, 3.8) is 0 Å². The summed E-state index contributed by atoms with van der Waals surface area (Å²) in [5.74, 6) is -0.755. The molecule has 2 rings (SSSR count). The van der Waals surface area contributed by atoms with Gasteiger partial charge in [0.2, 0.25) is 5.91 Å². The lowest BCUT2D eigenvalue weighted by molar-refractivity contribution is -0.138. The van der Waals surface area contributed by atoms with Gasteiger partial charge in [0.1, 0.15) is 5.82 Å². The first kappa shape index (κ1) is 22.2. The summed E-state index contributed by atoms with van der Waals surface area (Å²) in [6.07, 6.45) is -4.00. The Hall–Kier alpha value is -3.10. The number of guanidine groups is 1. The van der Waals surface area contributed by atoms with Crippen LogP contribution in [-0.2, 0) is 23.9 Å². The van der Waals surface area contributed by atoms with Crippen LogP contribution in [0.4, 0.5) is 23.2 Å². The molecule has 0 aliphatic rings. The number of aliphatic imine (C=N–C) groups is 1. The predicted octanol–water partition coefficient (Wildman–Crippen LogP) is 3.71. The maximum atomic E-state index is 13.2. The molecule has 0 heterocycles. The zero-order valence-electron chi connectivity index (χ0n) is 16.0. The van der Waals surface area contributed by atoms with Gasteiger partial charge in [-0.05, 0) is 41.8 Å². The number of halogens is 4. The Bertz CT molecular complexity index is 864. The van der Waals surface area contributed by atoms with E-state index in [0.29, 0.717) is 30.7 Å². The number of hydrogen-bond acceptors (Lipinski definition) is 2. The average Bonchev–Trinajstić information content (AvgIpc) is 2.65. The largest absolute Gasteiger partial charge is 0.416 e. The second-order valence-electron chi connectivity index (χ2n) is 6.28. The number of anilines is 1. The minimum absolute atomic E-state index is 0.0737. The van der Waals surface area contributed by atoms with Crippen molar-refractivity contribution in [2.24, 2.45) is 4.99 Å². The van der Waals surface area contributed by atoms with Crippen LogP contribution >= 0.6 is 0 Å². The van der Waals surface area contributed by atoms with Crippen molar-refractivity contribution in [2.75, 3.05) is 18.9 Å². The van der Waals surface area contributed by atoms with Gasteiger partial charge in [-0.15, -0.1) is 0 Å². The molecule has 2 aromatic rings. The molecule has 0 radical (unpaired) electrons. The van der Waals surface area contributed by atoms with Crippen LogP contribution in [0.15, 0.2) is 47.5 Å². The van der Waals surface area contributed by atoms with Gasteiger partial charge in [0.15, 0.2) is 5.96 Å². The second-order valence-corrected chi connectivity index (χ2v) is 6.28. The van der Waals surface area contributed by atoms with Crippen LogP contribution in [0.25, 0.3) is 0 Å². The summed E-state index contributed by atoms with van der Waals surface area (Å²) in [6.45, 7) is 1.77. The van der Waals surface area contributed by atoms with E-state index in [1.165, 1.54) is 14.0 Å². The van der Waals surface area contributed by atoms with E-state index >= 15 is 0 Å². The summed E-state index contributed by atoms with van der Waals surface area (Å²) in [6, 6.07) is 9.91. The quantitative estimate of drug-likeness (QED) is 0.387. The van der Waals surface area contributed by atoms with Crippen molar-refractivity contribution in [2.45, 2.75) is 26.1 Å². The SMILES string of the molecule is CN=C(NCCc1ccc(NC(C)=O)cc1)NCc1ccc(F)cc1C(F)(F)F. The van der Waals surface area contributed by atoms with Crippen molar-refractivity contribution in [3.8, 4) is 0 Å². The monoisotopic (exact) mass is 410 g/mol. The number of rotatable bonds is 6. The van der Waals surface area contributed by atoms with Crippen LogP contribution in [-0.4, -0.2) is 25.5 Å².